The third-order valence-electron chi connectivity index (χ3n) is 1.42. The molecule has 0 saturated heterocycles. The van der Waals surface area contributed by atoms with Crippen LogP contribution in [0.15, 0.2) is 23.8 Å². The van der Waals surface area contributed by atoms with Gasteiger partial charge in [-0.1, -0.05) is 26.5 Å². The number of carbonyl (C=O) groups is 1. The third-order valence-corrected chi connectivity index (χ3v) is 1.42. The Morgan fingerprint density at radius 3 is 2.13 bits per heavy atom. The predicted molar refractivity (Wildman–Crippen MR) is 61.3 cm³/mol. The molecule has 84 valence electrons. The molecule has 0 aromatic carbocycles. The van der Waals surface area contributed by atoms with E-state index in [4.69, 9.17) is 10.4 Å². The van der Waals surface area contributed by atoms with Crippen LogP contribution in [-0.4, -0.2) is 11.1 Å². The first-order valence-electron chi connectivity index (χ1n) is 4.76. The van der Waals surface area contributed by atoms with Crippen molar-refractivity contribution in [2.24, 2.45) is 5.92 Å². The van der Waals surface area contributed by atoms with Crippen LogP contribution in [0, 0.1) is 17.2 Å². The van der Waals surface area contributed by atoms with Crippen LogP contribution >= 0.6 is 0 Å². The second kappa shape index (κ2) is 9.01. The zero-order valence-electron chi connectivity index (χ0n) is 9.87. The highest BCUT2D eigenvalue weighted by Crippen LogP contribution is 2.03. The van der Waals surface area contributed by atoms with Crippen LogP contribution in [0.3, 0.4) is 0 Å². The molecule has 0 heterocycles. The number of hydrogen-bond acceptors (Lipinski definition) is 2. The van der Waals surface area contributed by atoms with E-state index >= 15 is 0 Å². The van der Waals surface area contributed by atoms with E-state index in [1.54, 1.807) is 19.9 Å². The fraction of sp³-hybridized carbons (Fsp3) is 0.500. The maximum Gasteiger partial charge on any atom is 0.330 e. The lowest BCUT2D eigenvalue weighted by Gasteiger charge is -1.97. The number of nitriles is 1. The van der Waals surface area contributed by atoms with E-state index in [-0.39, 0.29) is 0 Å². The zero-order chi connectivity index (χ0) is 12.4. The van der Waals surface area contributed by atoms with Crippen molar-refractivity contribution >= 4 is 5.97 Å². The summed E-state index contributed by atoms with van der Waals surface area (Å²) in [7, 11) is 0. The fourth-order valence-corrected chi connectivity index (χ4v) is 0.500. The summed E-state index contributed by atoms with van der Waals surface area (Å²) in [6.45, 7) is 10.7. The molecule has 1 N–H and O–H groups in total. The summed E-state index contributed by atoms with van der Waals surface area (Å²) in [6.07, 6.45) is 2.60. The number of carboxylic acids is 1. The summed E-state index contributed by atoms with van der Waals surface area (Å²) in [6, 6.07) is 1.83. The molecule has 3 nitrogen and oxygen atoms in total. The predicted octanol–water partition coefficient (Wildman–Crippen LogP) is 3.15. The topological polar surface area (TPSA) is 61.1 Å². The van der Waals surface area contributed by atoms with E-state index in [2.05, 4.69) is 20.4 Å². The van der Waals surface area contributed by atoms with Gasteiger partial charge in [-0.3, -0.25) is 0 Å². The monoisotopic (exact) mass is 209 g/mol. The van der Waals surface area contributed by atoms with E-state index in [0.29, 0.717) is 17.1 Å². The van der Waals surface area contributed by atoms with Crippen molar-refractivity contribution in [3.63, 3.8) is 0 Å². The normalized spacial score (nSPS) is 10.0. The highest BCUT2D eigenvalue weighted by atomic mass is 16.4. The Hall–Kier alpha value is -1.56. The number of nitrogens with zero attached hydrogens (tertiary/aromatic N) is 1. The van der Waals surface area contributed by atoms with E-state index in [1.165, 1.54) is 0 Å². The van der Waals surface area contributed by atoms with Crippen molar-refractivity contribution in [1.82, 2.24) is 0 Å². The van der Waals surface area contributed by atoms with Crippen LogP contribution < -0.4 is 0 Å². The molecule has 0 aliphatic heterocycles. The number of aliphatic carboxylic acids is 1. The van der Waals surface area contributed by atoms with Gasteiger partial charge in [0.1, 0.15) is 0 Å². The summed E-state index contributed by atoms with van der Waals surface area (Å²) in [5, 5.41) is 16.2. The van der Waals surface area contributed by atoms with E-state index < -0.39 is 5.97 Å². The molecule has 0 spiro atoms. The molecule has 0 aromatic heterocycles. The molecule has 0 bridgehead atoms. The Morgan fingerprint density at radius 2 is 1.93 bits per heavy atom. The van der Waals surface area contributed by atoms with Gasteiger partial charge < -0.3 is 5.11 Å². The SMILES string of the molecule is C=C(C)C#N.CC(=CCC(C)C)C(=O)O. The highest BCUT2D eigenvalue weighted by Gasteiger charge is 1.98. The Bertz CT molecular complexity index is 282. The van der Waals surface area contributed by atoms with Gasteiger partial charge in [0, 0.05) is 11.1 Å². The second-order valence-electron chi connectivity index (χ2n) is 3.71. The minimum atomic E-state index is -0.819. The molecule has 3 heteroatoms. The summed E-state index contributed by atoms with van der Waals surface area (Å²) in [5.41, 5.74) is 0.999. The summed E-state index contributed by atoms with van der Waals surface area (Å²) in [4.78, 5) is 10.2. The van der Waals surface area contributed by atoms with Crippen LogP contribution in [0.5, 0.6) is 0 Å². The Balaban J connectivity index is 0. The third kappa shape index (κ3) is 15.2. The number of rotatable bonds is 3. The fourth-order valence-electron chi connectivity index (χ4n) is 0.500. The van der Waals surface area contributed by atoms with Gasteiger partial charge in [0.05, 0.1) is 6.07 Å². The first-order chi connectivity index (χ1) is 6.81. The maximum atomic E-state index is 10.2. The molecule has 0 aliphatic rings. The molecule has 0 fully saturated rings. The van der Waals surface area contributed by atoms with E-state index in [9.17, 15) is 4.79 Å². The highest BCUT2D eigenvalue weighted by molar-refractivity contribution is 5.85. The average molecular weight is 209 g/mol. The molecule has 0 radical (unpaired) electrons. The molecule has 0 amide bonds. The van der Waals surface area contributed by atoms with Crippen LogP contribution in [-0.2, 0) is 4.79 Å². The first kappa shape index (κ1) is 15.9. The Kier molecular flexibility index (Phi) is 9.55. The maximum absolute atomic E-state index is 10.2. The lowest BCUT2D eigenvalue weighted by molar-refractivity contribution is -0.132. The van der Waals surface area contributed by atoms with Crippen molar-refractivity contribution in [3.05, 3.63) is 23.8 Å². The number of carboxylic acid groups (broad SMARTS) is 1. The van der Waals surface area contributed by atoms with Crippen molar-refractivity contribution < 1.29 is 9.90 Å². The van der Waals surface area contributed by atoms with Gasteiger partial charge in [0.2, 0.25) is 0 Å². The summed E-state index contributed by atoms with van der Waals surface area (Å²) >= 11 is 0. The van der Waals surface area contributed by atoms with Gasteiger partial charge in [-0.2, -0.15) is 5.26 Å². The van der Waals surface area contributed by atoms with Gasteiger partial charge in [0.15, 0.2) is 0 Å². The van der Waals surface area contributed by atoms with E-state index in [0.717, 1.165) is 6.42 Å². The van der Waals surface area contributed by atoms with Crippen molar-refractivity contribution in [3.8, 4) is 6.07 Å². The lowest BCUT2D eigenvalue weighted by Crippen LogP contribution is -1.96. The smallest absolute Gasteiger partial charge is 0.330 e. The van der Waals surface area contributed by atoms with Gasteiger partial charge >= 0.3 is 5.97 Å². The van der Waals surface area contributed by atoms with Crippen molar-refractivity contribution in [1.29, 1.82) is 5.26 Å². The van der Waals surface area contributed by atoms with Gasteiger partial charge in [0.25, 0.3) is 0 Å². The standard InChI is InChI=1S/C8H14O2.C4H5N/c1-6(2)4-5-7(3)8(9)10;1-4(2)3-5/h5-6H,4H2,1-3H3,(H,9,10);1H2,2H3. The van der Waals surface area contributed by atoms with Crippen molar-refractivity contribution in [2.75, 3.05) is 0 Å². The molecule has 0 aromatic rings. The Morgan fingerprint density at radius 1 is 1.53 bits per heavy atom. The van der Waals surface area contributed by atoms with Crippen molar-refractivity contribution in [2.45, 2.75) is 34.1 Å². The lowest BCUT2D eigenvalue weighted by atomic mass is 10.1. The number of allylic oxidation sites excluding steroid dienone is 2. The minimum absolute atomic E-state index is 0.439. The quantitative estimate of drug-likeness (QED) is 0.573. The minimum Gasteiger partial charge on any atom is -0.478 e. The second-order valence-corrected chi connectivity index (χ2v) is 3.71. The van der Waals surface area contributed by atoms with Gasteiger partial charge in [-0.05, 0) is 26.2 Å². The molecule has 0 aliphatic carbocycles. The molecule has 0 unspecified atom stereocenters. The van der Waals surface area contributed by atoms with Crippen LogP contribution in [0.4, 0.5) is 0 Å². The largest absolute Gasteiger partial charge is 0.478 e. The summed E-state index contributed by atoms with van der Waals surface area (Å²) < 4.78 is 0. The van der Waals surface area contributed by atoms with Crippen LogP contribution in [0.2, 0.25) is 0 Å². The molecule has 0 rings (SSSR count). The molecular formula is C12H19NO2. The molecule has 0 atom stereocenters. The first-order valence-corrected chi connectivity index (χ1v) is 4.76. The molecule has 15 heavy (non-hydrogen) atoms. The molecule has 0 saturated carbocycles. The average Bonchev–Trinajstić information content (AvgIpc) is 2.14. The summed E-state index contributed by atoms with van der Waals surface area (Å²) in [5.74, 6) is -0.282. The van der Waals surface area contributed by atoms with Crippen LogP contribution in [0.25, 0.3) is 0 Å². The Labute approximate surface area is 91.7 Å². The van der Waals surface area contributed by atoms with Crippen LogP contribution in [0.1, 0.15) is 34.1 Å². The van der Waals surface area contributed by atoms with E-state index in [1.807, 2.05) is 6.07 Å². The van der Waals surface area contributed by atoms with Gasteiger partial charge in [-0.15, -0.1) is 0 Å². The number of hydrogen-bond donors (Lipinski definition) is 1. The molecular weight excluding hydrogens is 190 g/mol. The zero-order valence-corrected chi connectivity index (χ0v) is 9.87. The van der Waals surface area contributed by atoms with Gasteiger partial charge in [-0.25, -0.2) is 4.79 Å².